The molecule has 1 N–H and O–H groups in total. The van der Waals surface area contributed by atoms with Crippen molar-refractivity contribution >= 4 is 15.9 Å². The van der Waals surface area contributed by atoms with Gasteiger partial charge >= 0.3 is 6.18 Å². The van der Waals surface area contributed by atoms with Gasteiger partial charge in [-0.05, 0) is 37.6 Å². The number of alkyl halides is 3. The van der Waals surface area contributed by atoms with Crippen LogP contribution in [0.15, 0.2) is 22.7 Å². The summed E-state index contributed by atoms with van der Waals surface area (Å²) in [6, 6.07) is 3.78. The van der Waals surface area contributed by atoms with Gasteiger partial charge in [-0.1, -0.05) is 15.9 Å². The van der Waals surface area contributed by atoms with Gasteiger partial charge in [0.15, 0.2) is 0 Å². The summed E-state index contributed by atoms with van der Waals surface area (Å²) in [6.45, 7) is 1.48. The van der Waals surface area contributed by atoms with Crippen LogP contribution in [-0.2, 0) is 6.18 Å². The highest BCUT2D eigenvalue weighted by atomic mass is 79.9. The zero-order valence-electron chi connectivity index (χ0n) is 9.56. The fourth-order valence-electron chi connectivity index (χ4n) is 1.93. The molecular weight excluding hydrogens is 311 g/mol. The lowest BCUT2D eigenvalue weighted by Crippen LogP contribution is -2.37. The summed E-state index contributed by atoms with van der Waals surface area (Å²) in [5.74, 6) is -0.106. The van der Waals surface area contributed by atoms with Gasteiger partial charge in [-0.15, -0.1) is 0 Å². The molecule has 1 fully saturated rings. The standard InChI is InChI=1S/C12H13BrF3NO/c13-8-3-4-10(12(14,15)16)11(6-8)18-9-2-1-5-17-7-9/h3-4,6,9,17H,1-2,5,7H2/t9-/m0/s1. The summed E-state index contributed by atoms with van der Waals surface area (Å²) in [5, 5.41) is 3.11. The van der Waals surface area contributed by atoms with Gasteiger partial charge in [-0.25, -0.2) is 0 Å². The number of rotatable bonds is 2. The molecule has 2 nitrogen and oxygen atoms in total. The molecule has 1 aliphatic rings. The monoisotopic (exact) mass is 323 g/mol. The lowest BCUT2D eigenvalue weighted by molar-refractivity contribution is -0.139. The number of nitrogens with one attached hydrogen (secondary N) is 1. The Labute approximate surface area is 112 Å². The van der Waals surface area contributed by atoms with Crippen molar-refractivity contribution in [2.24, 2.45) is 0 Å². The Hall–Kier alpha value is -0.750. The normalized spacial score (nSPS) is 20.8. The summed E-state index contributed by atoms with van der Waals surface area (Å²) in [6.07, 6.45) is -2.90. The maximum atomic E-state index is 12.8. The Kier molecular flexibility index (Phi) is 4.17. The third-order valence-corrected chi connectivity index (χ3v) is 3.29. The van der Waals surface area contributed by atoms with E-state index in [0.29, 0.717) is 11.0 Å². The number of piperidine rings is 1. The van der Waals surface area contributed by atoms with E-state index in [1.54, 1.807) is 0 Å². The maximum Gasteiger partial charge on any atom is 0.419 e. The van der Waals surface area contributed by atoms with E-state index in [4.69, 9.17) is 4.74 Å². The summed E-state index contributed by atoms with van der Waals surface area (Å²) < 4.78 is 44.5. The first-order chi connectivity index (χ1) is 8.47. The number of halogens is 4. The minimum absolute atomic E-state index is 0.106. The molecule has 0 amide bonds. The molecule has 18 heavy (non-hydrogen) atoms. The molecule has 1 aromatic rings. The van der Waals surface area contributed by atoms with Gasteiger partial charge in [0.05, 0.1) is 5.56 Å². The third-order valence-electron chi connectivity index (χ3n) is 2.79. The highest BCUT2D eigenvalue weighted by Crippen LogP contribution is 2.38. The van der Waals surface area contributed by atoms with Crippen LogP contribution < -0.4 is 10.1 Å². The van der Waals surface area contributed by atoms with Crippen LogP contribution in [0.1, 0.15) is 18.4 Å². The predicted molar refractivity (Wildman–Crippen MR) is 65.7 cm³/mol. The second-order valence-electron chi connectivity index (χ2n) is 4.22. The largest absolute Gasteiger partial charge is 0.488 e. The highest BCUT2D eigenvalue weighted by molar-refractivity contribution is 9.10. The van der Waals surface area contributed by atoms with Crippen molar-refractivity contribution in [2.75, 3.05) is 13.1 Å². The first-order valence-electron chi connectivity index (χ1n) is 5.71. The molecule has 0 radical (unpaired) electrons. The Morgan fingerprint density at radius 2 is 2.11 bits per heavy atom. The van der Waals surface area contributed by atoms with Crippen LogP contribution in [0.4, 0.5) is 13.2 Å². The molecule has 0 aliphatic carbocycles. The fraction of sp³-hybridized carbons (Fsp3) is 0.500. The number of ether oxygens (including phenoxy) is 1. The van der Waals surface area contributed by atoms with Crippen LogP contribution >= 0.6 is 15.9 Å². The highest BCUT2D eigenvalue weighted by Gasteiger charge is 2.35. The van der Waals surface area contributed by atoms with Crippen LogP contribution in [0.25, 0.3) is 0 Å². The maximum absolute atomic E-state index is 12.8. The SMILES string of the molecule is FC(F)(F)c1ccc(Br)cc1O[C@H]1CCCNC1. The molecule has 0 spiro atoms. The van der Waals surface area contributed by atoms with Crippen molar-refractivity contribution in [2.45, 2.75) is 25.1 Å². The molecule has 0 bridgehead atoms. The van der Waals surface area contributed by atoms with E-state index in [1.165, 1.54) is 12.1 Å². The number of hydrogen-bond acceptors (Lipinski definition) is 2. The van der Waals surface area contributed by atoms with E-state index in [2.05, 4.69) is 21.2 Å². The molecule has 6 heteroatoms. The van der Waals surface area contributed by atoms with E-state index >= 15 is 0 Å². The van der Waals surface area contributed by atoms with Crippen LogP contribution in [0.5, 0.6) is 5.75 Å². The molecule has 0 saturated carbocycles. The van der Waals surface area contributed by atoms with Gasteiger partial charge in [0.2, 0.25) is 0 Å². The van der Waals surface area contributed by atoms with Gasteiger partial charge in [-0.2, -0.15) is 13.2 Å². The summed E-state index contributed by atoms with van der Waals surface area (Å²) >= 11 is 3.16. The van der Waals surface area contributed by atoms with E-state index in [0.717, 1.165) is 25.5 Å². The van der Waals surface area contributed by atoms with E-state index in [-0.39, 0.29) is 11.9 Å². The molecule has 2 rings (SSSR count). The van der Waals surface area contributed by atoms with Crippen molar-refractivity contribution in [3.63, 3.8) is 0 Å². The summed E-state index contributed by atoms with van der Waals surface area (Å²) in [7, 11) is 0. The molecule has 100 valence electrons. The molecule has 1 aliphatic heterocycles. The van der Waals surface area contributed by atoms with E-state index in [9.17, 15) is 13.2 Å². The molecule has 0 aromatic heterocycles. The lowest BCUT2D eigenvalue weighted by atomic mass is 10.1. The topological polar surface area (TPSA) is 21.3 Å². The Morgan fingerprint density at radius 1 is 1.33 bits per heavy atom. The van der Waals surface area contributed by atoms with Gasteiger partial charge < -0.3 is 10.1 Å². The quantitative estimate of drug-likeness (QED) is 0.897. The second-order valence-corrected chi connectivity index (χ2v) is 5.14. The number of benzene rings is 1. The van der Waals surface area contributed by atoms with Crippen LogP contribution in [0.2, 0.25) is 0 Å². The van der Waals surface area contributed by atoms with Gasteiger partial charge in [0.25, 0.3) is 0 Å². The minimum atomic E-state index is -4.39. The third kappa shape index (κ3) is 3.38. The van der Waals surface area contributed by atoms with Crippen LogP contribution in [0.3, 0.4) is 0 Å². The lowest BCUT2D eigenvalue weighted by Gasteiger charge is -2.25. The molecule has 0 unspecified atom stereocenters. The predicted octanol–water partition coefficient (Wildman–Crippen LogP) is 3.60. The van der Waals surface area contributed by atoms with Crippen molar-refractivity contribution in [1.82, 2.24) is 5.32 Å². The summed E-state index contributed by atoms with van der Waals surface area (Å²) in [4.78, 5) is 0. The molecule has 1 atom stereocenters. The zero-order chi connectivity index (χ0) is 13.2. The fourth-order valence-corrected chi connectivity index (χ4v) is 2.27. The number of hydrogen-bond donors (Lipinski definition) is 1. The molecule has 1 aromatic carbocycles. The first kappa shape index (κ1) is 13.7. The Morgan fingerprint density at radius 3 is 2.72 bits per heavy atom. The molecular formula is C12H13BrF3NO. The zero-order valence-corrected chi connectivity index (χ0v) is 11.1. The average Bonchev–Trinajstić information content (AvgIpc) is 2.28. The molecule has 1 heterocycles. The van der Waals surface area contributed by atoms with Crippen molar-refractivity contribution in [1.29, 1.82) is 0 Å². The van der Waals surface area contributed by atoms with Crippen molar-refractivity contribution in [3.8, 4) is 5.75 Å². The van der Waals surface area contributed by atoms with Crippen molar-refractivity contribution < 1.29 is 17.9 Å². The van der Waals surface area contributed by atoms with E-state index in [1.807, 2.05) is 0 Å². The minimum Gasteiger partial charge on any atom is -0.488 e. The first-order valence-corrected chi connectivity index (χ1v) is 6.50. The van der Waals surface area contributed by atoms with Gasteiger partial charge in [0, 0.05) is 11.0 Å². The molecule has 1 saturated heterocycles. The van der Waals surface area contributed by atoms with E-state index < -0.39 is 11.7 Å². The van der Waals surface area contributed by atoms with Crippen LogP contribution in [0, 0.1) is 0 Å². The summed E-state index contributed by atoms with van der Waals surface area (Å²) in [5.41, 5.74) is -0.726. The van der Waals surface area contributed by atoms with Gasteiger partial charge in [-0.3, -0.25) is 0 Å². The van der Waals surface area contributed by atoms with Crippen molar-refractivity contribution in [3.05, 3.63) is 28.2 Å². The smallest absolute Gasteiger partial charge is 0.419 e. The Balaban J connectivity index is 2.21. The van der Waals surface area contributed by atoms with Crippen LogP contribution in [-0.4, -0.2) is 19.2 Å². The second kappa shape index (κ2) is 5.48. The Bertz CT molecular complexity index is 416. The average molecular weight is 324 g/mol. The van der Waals surface area contributed by atoms with Gasteiger partial charge in [0.1, 0.15) is 11.9 Å².